The molecule has 2 N–H and O–H groups in total. The van der Waals surface area contributed by atoms with E-state index in [0.717, 1.165) is 11.3 Å². The molecule has 1 aromatic carbocycles. The van der Waals surface area contributed by atoms with Gasteiger partial charge in [-0.3, -0.25) is 9.69 Å². The molecule has 0 aromatic heterocycles. The predicted molar refractivity (Wildman–Crippen MR) is 63.2 cm³/mol. The number of hydrogen-bond acceptors (Lipinski definition) is 3. The van der Waals surface area contributed by atoms with Crippen molar-refractivity contribution in [3.63, 3.8) is 0 Å². The fraction of sp³-hybridized carbons (Fsp3) is 0.417. The van der Waals surface area contributed by atoms with Gasteiger partial charge in [-0.15, -0.1) is 0 Å². The number of amides is 1. The summed E-state index contributed by atoms with van der Waals surface area (Å²) in [6.45, 7) is 1.80. The Morgan fingerprint density at radius 3 is 2.12 bits per heavy atom. The molecule has 0 saturated carbocycles. The number of methoxy groups -OCH3 is 1. The second kappa shape index (κ2) is 4.53. The molecule has 1 unspecified atom stereocenters. The molecule has 0 saturated heterocycles. The summed E-state index contributed by atoms with van der Waals surface area (Å²) in [5.74, 6) is 0.386. The lowest BCUT2D eigenvalue weighted by atomic mass is 9.90. The summed E-state index contributed by atoms with van der Waals surface area (Å²) in [5, 5.41) is 0. The molecule has 16 heavy (non-hydrogen) atoms. The molecule has 0 fully saturated rings. The second-order valence-electron chi connectivity index (χ2n) is 4.06. The Balaban J connectivity index is 3.17. The molecule has 0 spiro atoms. The smallest absolute Gasteiger partial charge is 0.242 e. The highest BCUT2D eigenvalue weighted by molar-refractivity contribution is 5.85. The first-order valence-electron chi connectivity index (χ1n) is 5.04. The van der Waals surface area contributed by atoms with Crippen molar-refractivity contribution in [2.45, 2.75) is 12.5 Å². The lowest BCUT2D eigenvalue weighted by molar-refractivity contribution is -0.128. The lowest BCUT2D eigenvalue weighted by Gasteiger charge is -2.33. The molecule has 0 radical (unpaired) electrons. The van der Waals surface area contributed by atoms with E-state index in [0.29, 0.717) is 0 Å². The van der Waals surface area contributed by atoms with Gasteiger partial charge in [0.15, 0.2) is 0 Å². The van der Waals surface area contributed by atoms with Crippen LogP contribution in [0.15, 0.2) is 24.3 Å². The Bertz CT molecular complexity index is 373. The maximum absolute atomic E-state index is 11.6. The zero-order valence-electron chi connectivity index (χ0n) is 10.2. The Kier molecular flexibility index (Phi) is 3.55. The summed E-state index contributed by atoms with van der Waals surface area (Å²) >= 11 is 0. The number of nitrogens with two attached hydrogens (primary N) is 1. The van der Waals surface area contributed by atoms with Crippen LogP contribution in [0.25, 0.3) is 0 Å². The van der Waals surface area contributed by atoms with Crippen LogP contribution < -0.4 is 10.5 Å². The van der Waals surface area contributed by atoms with E-state index in [-0.39, 0.29) is 5.91 Å². The first-order chi connectivity index (χ1) is 7.42. The molecular formula is C12H18N2O2. The minimum absolute atomic E-state index is 0.373. The fourth-order valence-corrected chi connectivity index (χ4v) is 1.54. The number of benzene rings is 1. The van der Waals surface area contributed by atoms with Crippen LogP contribution >= 0.6 is 0 Å². The largest absolute Gasteiger partial charge is 0.497 e. The van der Waals surface area contributed by atoms with Crippen LogP contribution in [0.2, 0.25) is 0 Å². The summed E-state index contributed by atoms with van der Waals surface area (Å²) in [6, 6.07) is 7.34. The first kappa shape index (κ1) is 12.5. The number of likely N-dealkylation sites (N-methyl/N-ethyl adjacent to an activating group) is 1. The summed E-state index contributed by atoms with van der Waals surface area (Å²) in [4.78, 5) is 13.4. The van der Waals surface area contributed by atoms with Gasteiger partial charge in [-0.1, -0.05) is 12.1 Å². The Morgan fingerprint density at radius 1 is 1.31 bits per heavy atom. The quantitative estimate of drug-likeness (QED) is 0.825. The predicted octanol–water partition coefficient (Wildman–Crippen LogP) is 0.957. The van der Waals surface area contributed by atoms with Crippen LogP contribution in [-0.2, 0) is 10.3 Å². The zero-order chi connectivity index (χ0) is 12.3. The number of hydrogen-bond donors (Lipinski definition) is 1. The number of nitrogens with zero attached hydrogens (tertiary/aromatic N) is 1. The third-order valence-electron chi connectivity index (χ3n) is 3.03. The van der Waals surface area contributed by atoms with Crippen LogP contribution in [0.3, 0.4) is 0 Å². The van der Waals surface area contributed by atoms with Crippen molar-refractivity contribution >= 4 is 5.91 Å². The molecule has 0 aliphatic heterocycles. The third-order valence-corrected chi connectivity index (χ3v) is 3.03. The molecule has 1 aromatic rings. The molecule has 4 nitrogen and oxygen atoms in total. The van der Waals surface area contributed by atoms with E-state index in [4.69, 9.17) is 10.5 Å². The van der Waals surface area contributed by atoms with Crippen molar-refractivity contribution in [1.29, 1.82) is 0 Å². The third kappa shape index (κ3) is 2.02. The van der Waals surface area contributed by atoms with Crippen molar-refractivity contribution in [1.82, 2.24) is 4.90 Å². The zero-order valence-corrected chi connectivity index (χ0v) is 10.2. The standard InChI is InChI=1S/C12H18N2O2/c1-12(11(13)15,14(2)3)9-5-7-10(16-4)8-6-9/h5-8H,1-4H3,(H2,13,15). The van der Waals surface area contributed by atoms with Crippen molar-refractivity contribution < 1.29 is 9.53 Å². The number of ether oxygens (including phenoxy) is 1. The Labute approximate surface area is 96.0 Å². The summed E-state index contributed by atoms with van der Waals surface area (Å²) in [5.41, 5.74) is 5.52. The van der Waals surface area contributed by atoms with Crippen LogP contribution in [0, 0.1) is 0 Å². The second-order valence-corrected chi connectivity index (χ2v) is 4.06. The van der Waals surface area contributed by atoms with Crippen molar-refractivity contribution in [3.05, 3.63) is 29.8 Å². The Hall–Kier alpha value is -1.55. The van der Waals surface area contributed by atoms with Crippen molar-refractivity contribution in [3.8, 4) is 5.75 Å². The average Bonchev–Trinajstić information content (AvgIpc) is 2.27. The SMILES string of the molecule is COc1ccc(C(C)(C(N)=O)N(C)C)cc1. The molecule has 0 aliphatic rings. The van der Waals surface area contributed by atoms with E-state index in [1.807, 2.05) is 38.4 Å². The molecule has 4 heteroatoms. The maximum Gasteiger partial charge on any atom is 0.242 e. The Morgan fingerprint density at radius 2 is 1.81 bits per heavy atom. The highest BCUT2D eigenvalue weighted by atomic mass is 16.5. The summed E-state index contributed by atoms with van der Waals surface area (Å²) < 4.78 is 5.07. The van der Waals surface area contributed by atoms with Gasteiger partial charge in [0.25, 0.3) is 0 Å². The monoisotopic (exact) mass is 222 g/mol. The van der Waals surface area contributed by atoms with Crippen LogP contribution in [0.4, 0.5) is 0 Å². The van der Waals surface area contributed by atoms with Gasteiger partial charge in [0, 0.05) is 0 Å². The number of primary amides is 1. The van der Waals surface area contributed by atoms with Crippen molar-refractivity contribution in [2.75, 3.05) is 21.2 Å². The number of carbonyl (C=O) groups excluding carboxylic acids is 1. The van der Waals surface area contributed by atoms with Gasteiger partial charge in [-0.05, 0) is 38.7 Å². The molecule has 1 atom stereocenters. The van der Waals surface area contributed by atoms with Gasteiger partial charge in [0.2, 0.25) is 5.91 Å². The first-order valence-corrected chi connectivity index (χ1v) is 5.04. The van der Waals surface area contributed by atoms with E-state index in [1.54, 1.807) is 18.9 Å². The van der Waals surface area contributed by atoms with E-state index >= 15 is 0 Å². The van der Waals surface area contributed by atoms with E-state index in [1.165, 1.54) is 0 Å². The fourth-order valence-electron chi connectivity index (χ4n) is 1.54. The number of rotatable bonds is 4. The highest BCUT2D eigenvalue weighted by Crippen LogP contribution is 2.27. The van der Waals surface area contributed by atoms with E-state index in [2.05, 4.69) is 0 Å². The van der Waals surface area contributed by atoms with Crippen LogP contribution in [0.5, 0.6) is 5.75 Å². The molecule has 1 rings (SSSR count). The van der Waals surface area contributed by atoms with Gasteiger partial charge in [0.1, 0.15) is 11.3 Å². The summed E-state index contributed by atoms with van der Waals surface area (Å²) in [6.07, 6.45) is 0. The van der Waals surface area contributed by atoms with Crippen molar-refractivity contribution in [2.24, 2.45) is 5.73 Å². The molecule has 0 bridgehead atoms. The summed E-state index contributed by atoms with van der Waals surface area (Å²) in [7, 11) is 5.26. The van der Waals surface area contributed by atoms with E-state index < -0.39 is 5.54 Å². The van der Waals surface area contributed by atoms with Gasteiger partial charge in [0.05, 0.1) is 7.11 Å². The molecule has 1 amide bonds. The minimum atomic E-state index is -0.799. The minimum Gasteiger partial charge on any atom is -0.497 e. The van der Waals surface area contributed by atoms with Crippen LogP contribution in [0.1, 0.15) is 12.5 Å². The van der Waals surface area contributed by atoms with Crippen LogP contribution in [-0.4, -0.2) is 32.0 Å². The van der Waals surface area contributed by atoms with Gasteiger partial charge >= 0.3 is 0 Å². The van der Waals surface area contributed by atoms with Gasteiger partial charge in [-0.2, -0.15) is 0 Å². The topological polar surface area (TPSA) is 55.6 Å². The normalized spacial score (nSPS) is 14.6. The lowest BCUT2D eigenvalue weighted by Crippen LogP contribution is -2.49. The maximum atomic E-state index is 11.6. The van der Waals surface area contributed by atoms with Gasteiger partial charge in [-0.25, -0.2) is 0 Å². The molecule has 0 aliphatic carbocycles. The van der Waals surface area contributed by atoms with E-state index in [9.17, 15) is 4.79 Å². The van der Waals surface area contributed by atoms with Gasteiger partial charge < -0.3 is 10.5 Å². The molecular weight excluding hydrogens is 204 g/mol. The highest BCUT2D eigenvalue weighted by Gasteiger charge is 2.35. The molecule has 0 heterocycles. The molecule has 88 valence electrons. The number of carbonyl (C=O) groups is 1. The average molecular weight is 222 g/mol.